The van der Waals surface area contributed by atoms with E-state index in [2.05, 4.69) is 35.7 Å². The van der Waals surface area contributed by atoms with Crippen molar-refractivity contribution in [3.63, 3.8) is 0 Å². The van der Waals surface area contributed by atoms with Gasteiger partial charge in [0.2, 0.25) is 0 Å². The summed E-state index contributed by atoms with van der Waals surface area (Å²) >= 11 is 7.88. The van der Waals surface area contributed by atoms with Crippen LogP contribution in [0.3, 0.4) is 0 Å². The summed E-state index contributed by atoms with van der Waals surface area (Å²) in [5, 5.41) is 0. The molecule has 0 amide bonds. The summed E-state index contributed by atoms with van der Waals surface area (Å²) in [7, 11) is 1.67. The number of rotatable bonds is 5. The zero-order valence-electron chi connectivity index (χ0n) is 11.7. The van der Waals surface area contributed by atoms with Crippen molar-refractivity contribution in [1.29, 1.82) is 0 Å². The molecular weight excluding hydrogens is 280 g/mol. The lowest BCUT2D eigenvalue weighted by Crippen LogP contribution is -2.23. The van der Waals surface area contributed by atoms with Crippen molar-refractivity contribution < 1.29 is 4.74 Å². The number of hydrogen-bond donors (Lipinski definition) is 0. The number of ether oxygens (including phenoxy) is 1. The standard InChI is InChI=1S/C14H19ClN2OS/c1-14(2,19-4)9-17-10-6-5-7-11(18-3)13(10)16-12(17)8-15/h5-7H,8-9H2,1-4H3. The number of hydrogen-bond acceptors (Lipinski definition) is 3. The number of imidazole rings is 1. The van der Waals surface area contributed by atoms with Crippen LogP contribution in [0.5, 0.6) is 5.75 Å². The average molecular weight is 299 g/mol. The Kier molecular flexibility index (Phi) is 4.31. The fourth-order valence-electron chi connectivity index (χ4n) is 2.06. The van der Waals surface area contributed by atoms with Crippen LogP contribution in [0.15, 0.2) is 18.2 Å². The van der Waals surface area contributed by atoms with Gasteiger partial charge < -0.3 is 9.30 Å². The van der Waals surface area contributed by atoms with Crippen molar-refractivity contribution in [1.82, 2.24) is 9.55 Å². The second kappa shape index (κ2) is 5.63. The first-order valence-electron chi connectivity index (χ1n) is 6.15. The molecule has 1 aromatic heterocycles. The lowest BCUT2D eigenvalue weighted by Gasteiger charge is -2.24. The van der Waals surface area contributed by atoms with Crippen molar-refractivity contribution in [3.8, 4) is 5.75 Å². The lowest BCUT2D eigenvalue weighted by molar-refractivity contribution is 0.419. The van der Waals surface area contributed by atoms with E-state index in [1.54, 1.807) is 7.11 Å². The molecule has 0 radical (unpaired) electrons. The van der Waals surface area contributed by atoms with Gasteiger partial charge in [0.25, 0.3) is 0 Å². The third-order valence-corrected chi connectivity index (χ3v) is 4.73. The molecule has 0 fully saturated rings. The van der Waals surface area contributed by atoms with Gasteiger partial charge in [0.1, 0.15) is 17.1 Å². The monoisotopic (exact) mass is 298 g/mol. The molecule has 0 aliphatic rings. The quantitative estimate of drug-likeness (QED) is 0.783. The summed E-state index contributed by atoms with van der Waals surface area (Å²) in [6.07, 6.45) is 2.13. The van der Waals surface area contributed by atoms with Crippen molar-refractivity contribution >= 4 is 34.4 Å². The Morgan fingerprint density at radius 3 is 2.74 bits per heavy atom. The molecule has 0 aliphatic carbocycles. The van der Waals surface area contributed by atoms with Crippen LogP contribution in [-0.2, 0) is 12.4 Å². The highest BCUT2D eigenvalue weighted by Gasteiger charge is 2.21. The van der Waals surface area contributed by atoms with Gasteiger partial charge in [-0.05, 0) is 32.2 Å². The predicted molar refractivity (Wildman–Crippen MR) is 83.4 cm³/mol. The first-order chi connectivity index (χ1) is 9.02. The number of benzene rings is 1. The molecule has 2 aromatic rings. The normalized spacial score (nSPS) is 12.1. The van der Waals surface area contributed by atoms with Gasteiger partial charge >= 0.3 is 0 Å². The Hall–Kier alpha value is -0.870. The first-order valence-corrected chi connectivity index (χ1v) is 7.91. The molecule has 1 aromatic carbocycles. The van der Waals surface area contributed by atoms with Gasteiger partial charge in [-0.1, -0.05) is 6.07 Å². The third-order valence-electron chi connectivity index (χ3n) is 3.25. The molecule has 0 atom stereocenters. The van der Waals surface area contributed by atoms with E-state index in [9.17, 15) is 0 Å². The molecule has 0 aliphatic heterocycles. The second-order valence-electron chi connectivity index (χ2n) is 5.04. The van der Waals surface area contributed by atoms with Gasteiger partial charge in [-0.3, -0.25) is 0 Å². The van der Waals surface area contributed by atoms with Gasteiger partial charge in [-0.15, -0.1) is 11.6 Å². The molecular formula is C14H19ClN2OS. The van der Waals surface area contributed by atoms with E-state index in [0.29, 0.717) is 5.88 Å². The molecule has 104 valence electrons. The highest BCUT2D eigenvalue weighted by Crippen LogP contribution is 2.30. The summed E-state index contributed by atoms with van der Waals surface area (Å²) in [5.41, 5.74) is 1.97. The number of para-hydroxylation sites is 1. The predicted octanol–water partition coefficient (Wildman–Crippen LogP) is 3.93. The molecule has 0 N–H and O–H groups in total. The molecule has 0 spiro atoms. The minimum Gasteiger partial charge on any atom is -0.494 e. The van der Waals surface area contributed by atoms with Crippen LogP contribution in [-0.4, -0.2) is 27.7 Å². The van der Waals surface area contributed by atoms with Crippen LogP contribution in [0.1, 0.15) is 19.7 Å². The number of alkyl halides is 1. The average Bonchev–Trinajstić information content (AvgIpc) is 2.76. The van der Waals surface area contributed by atoms with Crippen LogP contribution < -0.4 is 4.74 Å². The highest BCUT2D eigenvalue weighted by molar-refractivity contribution is 7.99. The van der Waals surface area contributed by atoms with Crippen LogP contribution in [0, 0.1) is 0 Å². The van der Waals surface area contributed by atoms with E-state index >= 15 is 0 Å². The minimum atomic E-state index is 0.136. The number of methoxy groups -OCH3 is 1. The number of aromatic nitrogens is 2. The molecule has 0 bridgehead atoms. The van der Waals surface area contributed by atoms with Crippen molar-refractivity contribution in [3.05, 3.63) is 24.0 Å². The molecule has 1 heterocycles. The van der Waals surface area contributed by atoms with Gasteiger partial charge in [0.15, 0.2) is 0 Å². The number of nitrogens with zero attached hydrogens (tertiary/aromatic N) is 2. The smallest absolute Gasteiger partial charge is 0.146 e. The minimum absolute atomic E-state index is 0.136. The summed E-state index contributed by atoms with van der Waals surface area (Å²) < 4.78 is 7.70. The van der Waals surface area contributed by atoms with Crippen LogP contribution >= 0.6 is 23.4 Å². The molecule has 19 heavy (non-hydrogen) atoms. The van der Waals surface area contributed by atoms with E-state index in [-0.39, 0.29) is 4.75 Å². The van der Waals surface area contributed by atoms with Crippen LogP contribution in [0.2, 0.25) is 0 Å². The van der Waals surface area contributed by atoms with Crippen LogP contribution in [0.25, 0.3) is 11.0 Å². The summed E-state index contributed by atoms with van der Waals surface area (Å²) in [4.78, 5) is 4.62. The number of fused-ring (bicyclic) bond motifs is 1. The topological polar surface area (TPSA) is 27.1 Å². The maximum absolute atomic E-state index is 6.04. The zero-order chi connectivity index (χ0) is 14.0. The fraction of sp³-hybridized carbons (Fsp3) is 0.500. The fourth-order valence-corrected chi connectivity index (χ4v) is 2.52. The Balaban J connectivity index is 2.58. The molecule has 2 rings (SSSR count). The Labute approximate surface area is 123 Å². The lowest BCUT2D eigenvalue weighted by atomic mass is 10.2. The molecule has 5 heteroatoms. The zero-order valence-corrected chi connectivity index (χ0v) is 13.3. The van der Waals surface area contributed by atoms with Gasteiger partial charge in [-0.2, -0.15) is 11.8 Å². The highest BCUT2D eigenvalue weighted by atomic mass is 35.5. The molecule has 3 nitrogen and oxygen atoms in total. The maximum atomic E-state index is 6.04. The number of halogens is 1. The Morgan fingerprint density at radius 1 is 1.42 bits per heavy atom. The second-order valence-corrected chi connectivity index (χ2v) is 6.82. The first kappa shape index (κ1) is 14.5. The van der Waals surface area contributed by atoms with Gasteiger partial charge in [0.05, 0.1) is 18.5 Å². The van der Waals surface area contributed by atoms with E-state index in [0.717, 1.165) is 29.2 Å². The van der Waals surface area contributed by atoms with Gasteiger partial charge in [0, 0.05) is 11.3 Å². The maximum Gasteiger partial charge on any atom is 0.146 e. The van der Waals surface area contributed by atoms with Crippen LogP contribution in [0.4, 0.5) is 0 Å². The third kappa shape index (κ3) is 2.84. The van der Waals surface area contributed by atoms with E-state index in [1.165, 1.54) is 0 Å². The Morgan fingerprint density at radius 2 is 2.16 bits per heavy atom. The van der Waals surface area contributed by atoms with E-state index in [1.807, 2.05) is 23.9 Å². The summed E-state index contributed by atoms with van der Waals surface area (Å²) in [6, 6.07) is 5.98. The van der Waals surface area contributed by atoms with E-state index in [4.69, 9.17) is 16.3 Å². The van der Waals surface area contributed by atoms with Gasteiger partial charge in [-0.25, -0.2) is 4.98 Å². The summed E-state index contributed by atoms with van der Waals surface area (Å²) in [6.45, 7) is 5.32. The molecule has 0 saturated carbocycles. The molecule has 0 saturated heterocycles. The van der Waals surface area contributed by atoms with Crippen molar-refractivity contribution in [2.75, 3.05) is 13.4 Å². The van der Waals surface area contributed by atoms with Crippen molar-refractivity contribution in [2.24, 2.45) is 0 Å². The van der Waals surface area contributed by atoms with Crippen molar-refractivity contribution in [2.45, 2.75) is 31.0 Å². The van der Waals surface area contributed by atoms with E-state index < -0.39 is 0 Å². The number of thioether (sulfide) groups is 1. The Bertz CT molecular complexity index is 580. The SMILES string of the molecule is COc1cccc2c1nc(CCl)n2CC(C)(C)SC. The summed E-state index contributed by atoms with van der Waals surface area (Å²) in [5.74, 6) is 2.09. The largest absolute Gasteiger partial charge is 0.494 e. The molecule has 0 unspecified atom stereocenters.